The molecule has 0 aliphatic carbocycles. The van der Waals surface area contributed by atoms with Crippen molar-refractivity contribution in [3.8, 4) is 11.6 Å². The highest BCUT2D eigenvalue weighted by atomic mass is 16.5. The van der Waals surface area contributed by atoms with E-state index in [4.69, 9.17) is 14.6 Å². The molecule has 0 amide bonds. The maximum absolute atomic E-state index is 10.8. The van der Waals surface area contributed by atoms with Crippen LogP contribution >= 0.6 is 0 Å². The second-order valence-corrected chi connectivity index (χ2v) is 3.59. The maximum atomic E-state index is 10.8. The topological polar surface area (TPSA) is 68.7 Å². The third-order valence-electron chi connectivity index (χ3n) is 2.26. The molecule has 0 aromatic carbocycles. The van der Waals surface area contributed by atoms with Crippen LogP contribution in [0.15, 0.2) is 12.3 Å². The summed E-state index contributed by atoms with van der Waals surface area (Å²) in [7, 11) is 1.47. The number of carboxylic acid groups (broad SMARTS) is 1. The smallest absolute Gasteiger partial charge is 0.337 e. The van der Waals surface area contributed by atoms with Gasteiger partial charge in [0.05, 0.1) is 19.3 Å². The molecule has 0 aliphatic heterocycles. The number of nitrogens with zero attached hydrogens (tertiary/aromatic N) is 1. The zero-order valence-electron chi connectivity index (χ0n) is 10.1. The number of carboxylic acids is 1. The van der Waals surface area contributed by atoms with E-state index in [1.54, 1.807) is 0 Å². The number of aromatic carboxylic acids is 1. The largest absolute Gasteiger partial charge is 0.488 e. The monoisotopic (exact) mass is 239 g/mol. The van der Waals surface area contributed by atoms with Crippen LogP contribution < -0.4 is 9.47 Å². The Labute approximate surface area is 100 Å². The second-order valence-electron chi connectivity index (χ2n) is 3.59. The van der Waals surface area contributed by atoms with Crippen LogP contribution in [0.25, 0.3) is 0 Å². The summed E-state index contributed by atoms with van der Waals surface area (Å²) in [5.41, 5.74) is 0.0938. The van der Waals surface area contributed by atoms with Crippen LogP contribution in [0.4, 0.5) is 0 Å². The Balaban J connectivity index is 2.72. The molecule has 0 bridgehead atoms. The standard InChI is InChI=1S/C12H17NO4/c1-3-4-5-6-17-10-7-9(12(14)15)8-13-11(10)16-2/h7-8H,3-6H2,1-2H3,(H,14,15). The van der Waals surface area contributed by atoms with Gasteiger partial charge in [-0.2, -0.15) is 0 Å². The lowest BCUT2D eigenvalue weighted by Gasteiger charge is -2.09. The van der Waals surface area contributed by atoms with Gasteiger partial charge in [0.15, 0.2) is 5.75 Å². The van der Waals surface area contributed by atoms with Crippen molar-refractivity contribution >= 4 is 5.97 Å². The average molecular weight is 239 g/mol. The molecule has 1 aromatic heterocycles. The first-order chi connectivity index (χ1) is 8.19. The molecule has 0 saturated heterocycles. The van der Waals surface area contributed by atoms with E-state index in [1.807, 2.05) is 0 Å². The van der Waals surface area contributed by atoms with Crippen molar-refractivity contribution in [2.75, 3.05) is 13.7 Å². The molecule has 17 heavy (non-hydrogen) atoms. The number of rotatable bonds is 7. The summed E-state index contributed by atoms with van der Waals surface area (Å²) in [5, 5.41) is 8.85. The molecule has 0 saturated carbocycles. The number of aromatic nitrogens is 1. The van der Waals surface area contributed by atoms with E-state index in [-0.39, 0.29) is 5.56 Å². The van der Waals surface area contributed by atoms with Gasteiger partial charge in [0.25, 0.3) is 5.88 Å². The van der Waals surface area contributed by atoms with Crippen molar-refractivity contribution in [3.05, 3.63) is 17.8 Å². The third kappa shape index (κ3) is 3.94. The first-order valence-electron chi connectivity index (χ1n) is 5.59. The molecular weight excluding hydrogens is 222 g/mol. The molecule has 0 atom stereocenters. The van der Waals surface area contributed by atoms with Gasteiger partial charge in [-0.05, 0) is 6.42 Å². The first-order valence-corrected chi connectivity index (χ1v) is 5.59. The summed E-state index contributed by atoms with van der Waals surface area (Å²) in [5.74, 6) is -0.339. The van der Waals surface area contributed by atoms with Crippen molar-refractivity contribution in [2.24, 2.45) is 0 Å². The molecule has 94 valence electrons. The van der Waals surface area contributed by atoms with Gasteiger partial charge in [-0.25, -0.2) is 9.78 Å². The number of unbranched alkanes of at least 4 members (excludes halogenated alkanes) is 2. The Morgan fingerprint density at radius 1 is 1.47 bits per heavy atom. The molecule has 0 aliphatic rings. The van der Waals surface area contributed by atoms with Gasteiger partial charge in [-0.3, -0.25) is 0 Å². The summed E-state index contributed by atoms with van der Waals surface area (Å²) >= 11 is 0. The normalized spacial score (nSPS) is 10.0. The van der Waals surface area contributed by atoms with E-state index in [0.29, 0.717) is 18.2 Å². The fourth-order valence-electron chi connectivity index (χ4n) is 1.34. The zero-order valence-corrected chi connectivity index (χ0v) is 10.1. The van der Waals surface area contributed by atoms with Gasteiger partial charge in [0.2, 0.25) is 0 Å². The predicted octanol–water partition coefficient (Wildman–Crippen LogP) is 2.36. The van der Waals surface area contributed by atoms with Gasteiger partial charge in [-0.15, -0.1) is 0 Å². The van der Waals surface area contributed by atoms with E-state index >= 15 is 0 Å². The number of carbonyl (C=O) groups is 1. The first kappa shape index (κ1) is 13.3. The number of hydrogen-bond acceptors (Lipinski definition) is 4. The van der Waals surface area contributed by atoms with Crippen LogP contribution in [-0.2, 0) is 0 Å². The molecule has 5 nitrogen and oxygen atoms in total. The van der Waals surface area contributed by atoms with Gasteiger partial charge in [-0.1, -0.05) is 19.8 Å². The molecule has 1 heterocycles. The highest BCUT2D eigenvalue weighted by Crippen LogP contribution is 2.25. The Bertz CT molecular complexity index is 379. The minimum Gasteiger partial charge on any atom is -0.488 e. The number of pyridine rings is 1. The van der Waals surface area contributed by atoms with Crippen molar-refractivity contribution < 1.29 is 19.4 Å². The minimum absolute atomic E-state index is 0.0938. The molecule has 1 aromatic rings. The van der Waals surface area contributed by atoms with Crippen molar-refractivity contribution in [1.82, 2.24) is 4.98 Å². The highest BCUT2D eigenvalue weighted by Gasteiger charge is 2.11. The highest BCUT2D eigenvalue weighted by molar-refractivity contribution is 5.87. The number of ether oxygens (including phenoxy) is 2. The molecule has 0 unspecified atom stereocenters. The third-order valence-corrected chi connectivity index (χ3v) is 2.26. The van der Waals surface area contributed by atoms with Crippen molar-refractivity contribution in [1.29, 1.82) is 0 Å². The van der Waals surface area contributed by atoms with Crippen molar-refractivity contribution in [3.63, 3.8) is 0 Å². The quantitative estimate of drug-likeness (QED) is 0.740. The Hall–Kier alpha value is -1.78. The average Bonchev–Trinajstić information content (AvgIpc) is 2.34. The number of methoxy groups -OCH3 is 1. The SMILES string of the molecule is CCCCCOc1cc(C(=O)O)cnc1OC. The van der Waals surface area contributed by atoms with E-state index in [9.17, 15) is 4.79 Å². The van der Waals surface area contributed by atoms with E-state index < -0.39 is 5.97 Å². The molecule has 1 rings (SSSR count). The van der Waals surface area contributed by atoms with Crippen molar-refractivity contribution in [2.45, 2.75) is 26.2 Å². The molecule has 5 heteroatoms. The van der Waals surface area contributed by atoms with Crippen LogP contribution in [0.1, 0.15) is 36.5 Å². The number of hydrogen-bond donors (Lipinski definition) is 1. The Morgan fingerprint density at radius 3 is 2.82 bits per heavy atom. The maximum Gasteiger partial charge on any atom is 0.337 e. The predicted molar refractivity (Wildman–Crippen MR) is 62.8 cm³/mol. The van der Waals surface area contributed by atoms with Gasteiger partial charge in [0, 0.05) is 12.3 Å². The molecule has 0 spiro atoms. The second kappa shape index (κ2) is 6.73. The summed E-state index contributed by atoms with van der Waals surface area (Å²) in [6.07, 6.45) is 4.36. The summed E-state index contributed by atoms with van der Waals surface area (Å²) in [6, 6.07) is 1.43. The molecule has 0 fully saturated rings. The van der Waals surface area contributed by atoms with Crippen LogP contribution in [0.5, 0.6) is 11.6 Å². The molecular formula is C12H17NO4. The van der Waals surface area contributed by atoms with Gasteiger partial charge in [0.1, 0.15) is 0 Å². The fourth-order valence-corrected chi connectivity index (χ4v) is 1.34. The summed E-state index contributed by atoms with van der Waals surface area (Å²) < 4.78 is 10.5. The Kier molecular flexibility index (Phi) is 5.26. The summed E-state index contributed by atoms with van der Waals surface area (Å²) in [4.78, 5) is 14.7. The van der Waals surface area contributed by atoms with Crippen LogP contribution in [0, 0.1) is 0 Å². The molecule has 0 radical (unpaired) electrons. The van der Waals surface area contributed by atoms with Crippen LogP contribution in [-0.4, -0.2) is 29.8 Å². The zero-order chi connectivity index (χ0) is 12.7. The van der Waals surface area contributed by atoms with Gasteiger partial charge >= 0.3 is 5.97 Å². The van der Waals surface area contributed by atoms with Crippen LogP contribution in [0.3, 0.4) is 0 Å². The lowest BCUT2D eigenvalue weighted by molar-refractivity contribution is 0.0695. The fraction of sp³-hybridized carbons (Fsp3) is 0.500. The van der Waals surface area contributed by atoms with Gasteiger partial charge < -0.3 is 14.6 Å². The lowest BCUT2D eigenvalue weighted by Crippen LogP contribution is -2.04. The molecule has 1 N–H and O–H groups in total. The van der Waals surface area contributed by atoms with Crippen LogP contribution in [0.2, 0.25) is 0 Å². The van der Waals surface area contributed by atoms with E-state index in [2.05, 4.69) is 11.9 Å². The Morgan fingerprint density at radius 2 is 2.24 bits per heavy atom. The van der Waals surface area contributed by atoms with E-state index in [0.717, 1.165) is 19.3 Å². The summed E-state index contributed by atoms with van der Waals surface area (Å²) in [6.45, 7) is 2.64. The minimum atomic E-state index is -1.03. The van der Waals surface area contributed by atoms with E-state index in [1.165, 1.54) is 19.4 Å². The lowest BCUT2D eigenvalue weighted by atomic mass is 10.2.